The van der Waals surface area contributed by atoms with Gasteiger partial charge < -0.3 is 5.73 Å². The molecule has 2 N–H and O–H groups in total. The lowest BCUT2D eigenvalue weighted by Gasteiger charge is -2.29. The number of pyridine rings is 1. The van der Waals surface area contributed by atoms with Crippen LogP contribution in [0.2, 0.25) is 0 Å². The second-order valence-electron chi connectivity index (χ2n) is 6.14. The summed E-state index contributed by atoms with van der Waals surface area (Å²) < 4.78 is 0. The van der Waals surface area contributed by atoms with Gasteiger partial charge in [0.25, 0.3) is 0 Å². The van der Waals surface area contributed by atoms with Crippen molar-refractivity contribution in [2.24, 2.45) is 11.7 Å². The first kappa shape index (κ1) is 14.0. The fourth-order valence-corrected chi connectivity index (χ4v) is 3.98. The van der Waals surface area contributed by atoms with Gasteiger partial charge in [0.15, 0.2) is 0 Å². The van der Waals surface area contributed by atoms with E-state index < -0.39 is 0 Å². The van der Waals surface area contributed by atoms with Crippen molar-refractivity contribution in [1.29, 1.82) is 0 Å². The second kappa shape index (κ2) is 6.19. The summed E-state index contributed by atoms with van der Waals surface area (Å²) in [6.07, 6.45) is 10.2. The third kappa shape index (κ3) is 3.01. The summed E-state index contributed by atoms with van der Waals surface area (Å²) in [7, 11) is 0. The minimum absolute atomic E-state index is 0.389. The third-order valence-electron chi connectivity index (χ3n) is 4.82. The first-order valence-corrected chi connectivity index (χ1v) is 8.13. The van der Waals surface area contributed by atoms with E-state index in [1.807, 2.05) is 12.3 Å². The summed E-state index contributed by atoms with van der Waals surface area (Å²) in [4.78, 5) is 7.28. The van der Waals surface area contributed by atoms with Gasteiger partial charge in [-0.05, 0) is 55.8 Å². The maximum Gasteiger partial charge on any atom is 0.122 e. The van der Waals surface area contributed by atoms with Crippen LogP contribution in [0.25, 0.3) is 0 Å². The van der Waals surface area contributed by atoms with Gasteiger partial charge in [-0.2, -0.15) is 0 Å². The molecule has 1 aromatic heterocycles. The average molecular weight is 289 g/mol. The predicted molar refractivity (Wildman–Crippen MR) is 85.5 cm³/mol. The molecule has 2 aliphatic rings. The van der Waals surface area contributed by atoms with Crippen LogP contribution in [0, 0.1) is 5.92 Å². The largest absolute Gasteiger partial charge is 0.388 e. The molecule has 1 saturated heterocycles. The van der Waals surface area contributed by atoms with E-state index in [2.05, 4.69) is 16.0 Å². The van der Waals surface area contributed by atoms with Crippen LogP contribution in [0.1, 0.15) is 49.8 Å². The molecular weight excluding hydrogens is 266 g/mol. The molecule has 1 saturated carbocycles. The van der Waals surface area contributed by atoms with Gasteiger partial charge in [-0.3, -0.25) is 9.88 Å². The Morgan fingerprint density at radius 3 is 2.85 bits per heavy atom. The fourth-order valence-electron chi connectivity index (χ4n) is 3.87. The number of rotatable bonds is 4. The summed E-state index contributed by atoms with van der Waals surface area (Å²) in [5.74, 6) is 0.925. The summed E-state index contributed by atoms with van der Waals surface area (Å²) in [5, 5.41) is 0. The maximum atomic E-state index is 5.67. The van der Waals surface area contributed by atoms with E-state index in [-0.39, 0.29) is 0 Å². The van der Waals surface area contributed by atoms with Crippen molar-refractivity contribution in [3.8, 4) is 0 Å². The van der Waals surface area contributed by atoms with Crippen molar-refractivity contribution in [2.45, 2.75) is 51.1 Å². The van der Waals surface area contributed by atoms with Crippen LogP contribution < -0.4 is 5.73 Å². The van der Waals surface area contributed by atoms with E-state index in [4.69, 9.17) is 18.0 Å². The van der Waals surface area contributed by atoms with E-state index in [0.29, 0.717) is 4.99 Å². The van der Waals surface area contributed by atoms with Crippen LogP contribution in [-0.2, 0) is 6.54 Å². The molecule has 0 radical (unpaired) electrons. The van der Waals surface area contributed by atoms with Crippen LogP contribution in [0.3, 0.4) is 0 Å². The topological polar surface area (TPSA) is 42.1 Å². The van der Waals surface area contributed by atoms with Gasteiger partial charge in [0, 0.05) is 18.8 Å². The van der Waals surface area contributed by atoms with Gasteiger partial charge in [-0.1, -0.05) is 25.1 Å². The smallest absolute Gasteiger partial charge is 0.122 e. The van der Waals surface area contributed by atoms with E-state index >= 15 is 0 Å². The van der Waals surface area contributed by atoms with Crippen LogP contribution in [0.4, 0.5) is 0 Å². The van der Waals surface area contributed by atoms with Crippen LogP contribution in [0.15, 0.2) is 18.3 Å². The molecule has 3 nitrogen and oxygen atoms in total. The number of thiocarbonyl (C=S) groups is 1. The number of aromatic nitrogens is 1. The molecule has 1 aliphatic carbocycles. The lowest BCUT2D eigenvalue weighted by Crippen LogP contribution is -2.34. The van der Waals surface area contributed by atoms with Crippen molar-refractivity contribution in [1.82, 2.24) is 9.88 Å². The van der Waals surface area contributed by atoms with Crippen LogP contribution in [-0.4, -0.2) is 27.5 Å². The summed E-state index contributed by atoms with van der Waals surface area (Å²) in [6.45, 7) is 2.24. The lowest BCUT2D eigenvalue weighted by molar-refractivity contribution is 0.183. The summed E-state index contributed by atoms with van der Waals surface area (Å²) in [6, 6.07) is 4.93. The second-order valence-corrected chi connectivity index (χ2v) is 6.58. The Balaban J connectivity index is 1.69. The molecule has 0 spiro atoms. The molecule has 1 unspecified atom stereocenters. The fraction of sp³-hybridized carbons (Fsp3) is 0.625. The Morgan fingerprint density at radius 2 is 2.10 bits per heavy atom. The Morgan fingerprint density at radius 1 is 1.30 bits per heavy atom. The van der Waals surface area contributed by atoms with Crippen molar-refractivity contribution >= 4 is 17.2 Å². The molecule has 108 valence electrons. The normalized spacial score (nSPS) is 24.3. The van der Waals surface area contributed by atoms with Crippen molar-refractivity contribution in [3.63, 3.8) is 0 Å². The van der Waals surface area contributed by atoms with Crippen molar-refractivity contribution in [2.75, 3.05) is 6.54 Å². The number of hydrogen-bond donors (Lipinski definition) is 1. The molecule has 1 aromatic rings. The molecule has 1 atom stereocenters. The molecule has 0 bridgehead atoms. The zero-order chi connectivity index (χ0) is 13.9. The molecule has 2 heterocycles. The predicted octanol–water partition coefficient (Wildman–Crippen LogP) is 2.87. The van der Waals surface area contributed by atoms with Crippen LogP contribution in [0.5, 0.6) is 0 Å². The van der Waals surface area contributed by atoms with Gasteiger partial charge in [0.2, 0.25) is 0 Å². The molecule has 0 aromatic carbocycles. The molecule has 20 heavy (non-hydrogen) atoms. The first-order valence-electron chi connectivity index (χ1n) is 7.73. The maximum absolute atomic E-state index is 5.67. The number of nitrogens with zero attached hydrogens (tertiary/aromatic N) is 2. The molecule has 1 aliphatic heterocycles. The van der Waals surface area contributed by atoms with Gasteiger partial charge in [-0.15, -0.1) is 0 Å². The highest BCUT2D eigenvalue weighted by Crippen LogP contribution is 2.35. The average Bonchev–Trinajstić information content (AvgIpc) is 3.09. The standard InChI is InChI=1S/C16H23N3S/c17-16(20)14-10-12(7-8-18-14)11-19-9-3-6-15(19)13-4-1-2-5-13/h7-8,10,13,15H,1-6,9,11H2,(H2,17,20). The van der Waals surface area contributed by atoms with Gasteiger partial charge >= 0.3 is 0 Å². The van der Waals surface area contributed by atoms with E-state index in [0.717, 1.165) is 24.2 Å². The van der Waals surface area contributed by atoms with E-state index in [9.17, 15) is 0 Å². The molecule has 4 heteroatoms. The minimum atomic E-state index is 0.389. The SMILES string of the molecule is NC(=S)c1cc(CN2CCCC2C2CCCC2)ccn1. The number of likely N-dealkylation sites (tertiary alicyclic amines) is 1. The highest BCUT2D eigenvalue weighted by Gasteiger charge is 2.33. The minimum Gasteiger partial charge on any atom is -0.388 e. The molecular formula is C16H23N3S. The third-order valence-corrected chi connectivity index (χ3v) is 5.03. The first-order chi connectivity index (χ1) is 9.74. The summed E-state index contributed by atoms with van der Waals surface area (Å²) in [5.41, 5.74) is 7.70. The van der Waals surface area contributed by atoms with E-state index in [1.54, 1.807) is 0 Å². The molecule has 3 rings (SSSR count). The lowest BCUT2D eigenvalue weighted by atomic mass is 9.96. The van der Waals surface area contributed by atoms with Gasteiger partial charge in [0.1, 0.15) is 4.99 Å². The quantitative estimate of drug-likeness (QED) is 0.866. The monoisotopic (exact) mass is 289 g/mol. The highest BCUT2D eigenvalue weighted by atomic mass is 32.1. The molecule has 0 amide bonds. The van der Waals surface area contributed by atoms with Crippen LogP contribution >= 0.6 is 12.2 Å². The Bertz CT molecular complexity index is 482. The molecule has 2 fully saturated rings. The zero-order valence-electron chi connectivity index (χ0n) is 11.9. The Labute approximate surface area is 126 Å². The Hall–Kier alpha value is -1.00. The highest BCUT2D eigenvalue weighted by molar-refractivity contribution is 7.80. The number of nitrogens with two attached hydrogens (primary N) is 1. The summed E-state index contributed by atoms with van der Waals surface area (Å²) >= 11 is 5.02. The van der Waals surface area contributed by atoms with Gasteiger partial charge in [0.05, 0.1) is 5.69 Å². The number of hydrogen-bond acceptors (Lipinski definition) is 3. The zero-order valence-corrected chi connectivity index (χ0v) is 12.7. The van der Waals surface area contributed by atoms with Crippen molar-refractivity contribution < 1.29 is 0 Å². The van der Waals surface area contributed by atoms with Crippen molar-refractivity contribution in [3.05, 3.63) is 29.6 Å². The Kier molecular flexibility index (Phi) is 4.32. The van der Waals surface area contributed by atoms with E-state index in [1.165, 1.54) is 50.6 Å². The van der Waals surface area contributed by atoms with Gasteiger partial charge in [-0.25, -0.2) is 0 Å².